The second-order valence-electron chi connectivity index (χ2n) is 7.00. The molecule has 0 fully saturated rings. The molecule has 0 unspecified atom stereocenters. The van der Waals surface area contributed by atoms with E-state index in [4.69, 9.17) is 0 Å². The van der Waals surface area contributed by atoms with Gasteiger partial charge in [0.1, 0.15) is 0 Å². The Balaban J connectivity index is 1.76. The molecule has 2 aliphatic rings. The van der Waals surface area contributed by atoms with Crippen molar-refractivity contribution in [2.24, 2.45) is 0 Å². The Morgan fingerprint density at radius 2 is 1.79 bits per heavy atom. The highest BCUT2D eigenvalue weighted by atomic mass is 32.2. The maximum Gasteiger partial charge on any atom is 0.177 e. The van der Waals surface area contributed by atoms with Crippen LogP contribution in [0.5, 0.6) is 0 Å². The number of hydrogen-bond donors (Lipinski definition) is 0. The molecule has 1 aliphatic heterocycles. The van der Waals surface area contributed by atoms with Gasteiger partial charge in [-0.25, -0.2) is 8.42 Å². The van der Waals surface area contributed by atoms with Gasteiger partial charge < -0.3 is 4.90 Å². The van der Waals surface area contributed by atoms with Gasteiger partial charge in [-0.1, -0.05) is 6.07 Å². The molecule has 126 valence electrons. The summed E-state index contributed by atoms with van der Waals surface area (Å²) in [5, 5.41) is 0. The van der Waals surface area contributed by atoms with E-state index in [-0.39, 0.29) is 0 Å². The molecular formula is C19H22N2O2S. The van der Waals surface area contributed by atoms with E-state index in [1.54, 1.807) is 0 Å². The number of hydrogen-bond acceptors (Lipinski definition) is 4. The van der Waals surface area contributed by atoms with Crippen LogP contribution in [0, 0.1) is 0 Å². The minimum absolute atomic E-state index is 0.325. The van der Waals surface area contributed by atoms with Crippen molar-refractivity contribution in [3.63, 3.8) is 0 Å². The van der Waals surface area contributed by atoms with Crippen molar-refractivity contribution < 1.29 is 8.42 Å². The van der Waals surface area contributed by atoms with Gasteiger partial charge in [-0.3, -0.25) is 4.98 Å². The molecule has 1 aromatic heterocycles. The predicted molar refractivity (Wildman–Crippen MR) is 95.6 cm³/mol. The van der Waals surface area contributed by atoms with Crippen molar-refractivity contribution >= 4 is 15.5 Å². The number of anilines is 1. The first-order valence-corrected chi connectivity index (χ1v) is 10.3. The summed E-state index contributed by atoms with van der Waals surface area (Å²) in [4.78, 5) is 7.15. The minimum Gasteiger partial charge on any atom is -0.374 e. The fourth-order valence-electron chi connectivity index (χ4n) is 3.85. The van der Waals surface area contributed by atoms with Gasteiger partial charge in [0.2, 0.25) is 0 Å². The van der Waals surface area contributed by atoms with Gasteiger partial charge in [-0.05, 0) is 60.1 Å². The molecule has 1 aromatic carbocycles. The van der Waals surface area contributed by atoms with E-state index in [0.29, 0.717) is 4.90 Å². The van der Waals surface area contributed by atoms with Crippen LogP contribution in [-0.4, -0.2) is 33.2 Å². The van der Waals surface area contributed by atoms with Crippen molar-refractivity contribution in [2.75, 3.05) is 24.7 Å². The van der Waals surface area contributed by atoms with Crippen LogP contribution in [0.3, 0.4) is 0 Å². The third-order valence-corrected chi connectivity index (χ3v) is 6.32. The van der Waals surface area contributed by atoms with Crippen LogP contribution in [-0.2, 0) is 35.5 Å². The highest BCUT2D eigenvalue weighted by Crippen LogP contribution is 2.33. The summed E-state index contributed by atoms with van der Waals surface area (Å²) in [7, 11) is -1.04. The molecule has 0 amide bonds. The summed E-state index contributed by atoms with van der Waals surface area (Å²) in [6.45, 7) is 1.12. The van der Waals surface area contributed by atoms with Crippen LogP contribution in [0.4, 0.5) is 5.69 Å². The first-order chi connectivity index (χ1) is 11.4. The zero-order valence-corrected chi connectivity index (χ0v) is 15.0. The topological polar surface area (TPSA) is 50.3 Å². The number of nitrogens with zero attached hydrogens (tertiary/aromatic N) is 2. The van der Waals surface area contributed by atoms with Gasteiger partial charge in [-0.2, -0.15) is 0 Å². The summed E-state index contributed by atoms with van der Waals surface area (Å²) in [5.41, 5.74) is 7.60. The third kappa shape index (κ3) is 2.71. The molecule has 0 atom stereocenters. The van der Waals surface area contributed by atoms with Crippen molar-refractivity contribution in [1.29, 1.82) is 0 Å². The summed E-state index contributed by atoms with van der Waals surface area (Å²) in [6, 6.07) is 6.50. The smallest absolute Gasteiger partial charge is 0.177 e. The molecule has 0 saturated carbocycles. The molecule has 1 aliphatic carbocycles. The Morgan fingerprint density at radius 3 is 2.58 bits per heavy atom. The van der Waals surface area contributed by atoms with Crippen molar-refractivity contribution in [3.05, 3.63) is 52.3 Å². The Labute approximate surface area is 143 Å². The summed E-state index contributed by atoms with van der Waals surface area (Å²) in [5.74, 6) is 0. The van der Waals surface area contributed by atoms with Crippen molar-refractivity contribution in [2.45, 2.75) is 37.0 Å². The lowest BCUT2D eigenvalue weighted by molar-refractivity contribution is 0.601. The lowest BCUT2D eigenvalue weighted by Crippen LogP contribution is -2.25. The summed E-state index contributed by atoms with van der Waals surface area (Å²) in [6.07, 6.45) is 7.68. The largest absolute Gasteiger partial charge is 0.374 e. The first kappa shape index (κ1) is 15.6. The average Bonchev–Trinajstić information content (AvgIpc) is 2.71. The molecule has 2 aromatic rings. The SMILES string of the molecule is CN1CCCc2cc3c(cc21)CCc1cc(S(C)(=O)=O)cnc1C3. The van der Waals surface area contributed by atoms with E-state index >= 15 is 0 Å². The molecule has 4 nitrogen and oxygen atoms in total. The molecule has 0 N–H and O–H groups in total. The molecule has 5 heteroatoms. The predicted octanol–water partition coefficient (Wildman–Crippen LogP) is 2.56. The van der Waals surface area contributed by atoms with E-state index in [2.05, 4.69) is 29.1 Å². The van der Waals surface area contributed by atoms with Crippen LogP contribution in [0.2, 0.25) is 0 Å². The monoisotopic (exact) mass is 342 g/mol. The number of aryl methyl sites for hydroxylation is 3. The number of fused-ring (bicyclic) bond motifs is 3. The Hall–Kier alpha value is -1.88. The van der Waals surface area contributed by atoms with Crippen LogP contribution in [0.15, 0.2) is 29.3 Å². The van der Waals surface area contributed by atoms with E-state index in [1.807, 2.05) is 6.07 Å². The summed E-state index contributed by atoms with van der Waals surface area (Å²) < 4.78 is 23.6. The molecule has 0 bridgehead atoms. The zero-order chi connectivity index (χ0) is 16.9. The van der Waals surface area contributed by atoms with E-state index in [0.717, 1.165) is 43.5 Å². The quantitative estimate of drug-likeness (QED) is 0.799. The summed E-state index contributed by atoms with van der Waals surface area (Å²) >= 11 is 0. The van der Waals surface area contributed by atoms with E-state index < -0.39 is 9.84 Å². The van der Waals surface area contributed by atoms with Crippen LogP contribution in [0.1, 0.15) is 34.4 Å². The number of pyridine rings is 1. The average molecular weight is 342 g/mol. The van der Waals surface area contributed by atoms with Crippen molar-refractivity contribution in [3.8, 4) is 0 Å². The number of sulfone groups is 1. The molecular weight excluding hydrogens is 320 g/mol. The van der Waals surface area contributed by atoms with Crippen LogP contribution in [0.25, 0.3) is 0 Å². The molecule has 0 spiro atoms. The molecule has 24 heavy (non-hydrogen) atoms. The van der Waals surface area contributed by atoms with Gasteiger partial charge in [-0.15, -0.1) is 0 Å². The number of aromatic nitrogens is 1. The second kappa shape index (κ2) is 5.59. The van der Waals surface area contributed by atoms with Gasteiger partial charge >= 0.3 is 0 Å². The Morgan fingerprint density at radius 1 is 1.00 bits per heavy atom. The van der Waals surface area contributed by atoms with Gasteiger partial charge in [0.25, 0.3) is 0 Å². The van der Waals surface area contributed by atoms with Gasteiger partial charge in [0.05, 0.1) is 4.90 Å². The number of rotatable bonds is 1. The Bertz CT molecular complexity index is 919. The highest BCUT2D eigenvalue weighted by molar-refractivity contribution is 7.90. The van der Waals surface area contributed by atoms with Crippen molar-refractivity contribution in [1.82, 2.24) is 4.98 Å². The minimum atomic E-state index is -3.21. The second-order valence-corrected chi connectivity index (χ2v) is 9.02. The van der Waals surface area contributed by atoms with Crippen LogP contribution < -0.4 is 4.90 Å². The highest BCUT2D eigenvalue weighted by Gasteiger charge is 2.21. The van der Waals surface area contributed by atoms with Gasteiger partial charge in [0.15, 0.2) is 9.84 Å². The van der Waals surface area contributed by atoms with E-state index in [9.17, 15) is 8.42 Å². The standard InChI is InChI=1S/C19H22N2O2S/c1-21-7-3-4-15-8-16-10-18-14(6-5-13(16)11-19(15)21)9-17(12-20-18)24(2,22)23/h8-9,11-12H,3-7,10H2,1-2H3. The molecule has 4 rings (SSSR count). The zero-order valence-electron chi connectivity index (χ0n) is 14.2. The third-order valence-electron chi connectivity index (χ3n) is 5.24. The van der Waals surface area contributed by atoms with Gasteiger partial charge in [0, 0.05) is 43.8 Å². The fourth-order valence-corrected chi connectivity index (χ4v) is 4.45. The lowest BCUT2D eigenvalue weighted by Gasteiger charge is -2.29. The molecule has 0 radical (unpaired) electrons. The normalized spacial score (nSPS) is 16.8. The maximum absolute atomic E-state index is 11.8. The fraction of sp³-hybridized carbons (Fsp3) is 0.421. The molecule has 0 saturated heterocycles. The maximum atomic E-state index is 11.8. The molecule has 2 heterocycles. The van der Waals surface area contributed by atoms with Crippen LogP contribution >= 0.6 is 0 Å². The van der Waals surface area contributed by atoms with E-state index in [1.165, 1.54) is 41.3 Å². The number of benzene rings is 1. The lowest BCUT2D eigenvalue weighted by atomic mass is 9.93. The first-order valence-electron chi connectivity index (χ1n) is 8.45. The Kier molecular flexibility index (Phi) is 3.64.